The van der Waals surface area contributed by atoms with E-state index >= 15 is 0 Å². The lowest BCUT2D eigenvalue weighted by Crippen LogP contribution is -2.45. The average Bonchev–Trinajstić information content (AvgIpc) is 3.08. The zero-order valence-corrected chi connectivity index (χ0v) is 15.3. The van der Waals surface area contributed by atoms with Gasteiger partial charge in [-0.15, -0.1) is 11.3 Å². The van der Waals surface area contributed by atoms with Gasteiger partial charge in [0.1, 0.15) is 6.04 Å². The lowest BCUT2D eigenvalue weighted by Gasteiger charge is -2.18. The number of aliphatic hydroxyl groups excluding tert-OH is 1. The second-order valence-electron chi connectivity index (χ2n) is 5.99. The lowest BCUT2D eigenvalue weighted by atomic mass is 10.1. The molecule has 0 saturated heterocycles. The van der Waals surface area contributed by atoms with Crippen LogP contribution in [0, 0.1) is 0 Å². The highest BCUT2D eigenvalue weighted by Gasteiger charge is 2.24. The third-order valence-corrected chi connectivity index (χ3v) is 4.94. The van der Waals surface area contributed by atoms with Crippen LogP contribution >= 0.6 is 11.3 Å². The minimum atomic E-state index is -1.31. The van der Waals surface area contributed by atoms with Crippen LogP contribution in [0.25, 0.3) is 0 Å². The number of benzene rings is 1. The van der Waals surface area contributed by atoms with Crippen molar-refractivity contribution in [1.82, 2.24) is 10.3 Å². The van der Waals surface area contributed by atoms with Crippen LogP contribution in [0.15, 0.2) is 36.5 Å². The smallest absolute Gasteiger partial charge is 0.254 e. The van der Waals surface area contributed by atoms with E-state index in [9.17, 15) is 14.7 Å². The summed E-state index contributed by atoms with van der Waals surface area (Å²) >= 11 is 1.41. The Morgan fingerprint density at radius 3 is 2.44 bits per heavy atom. The van der Waals surface area contributed by atoms with E-state index in [-0.39, 0.29) is 5.91 Å². The summed E-state index contributed by atoms with van der Waals surface area (Å²) in [4.78, 5) is 29.8. The number of amides is 2. The number of hydrogen-bond donors (Lipinski definition) is 3. The topological polar surface area (TPSA) is 91.3 Å². The van der Waals surface area contributed by atoms with Crippen molar-refractivity contribution in [3.63, 3.8) is 0 Å². The third kappa shape index (κ3) is 5.11. The molecule has 0 fully saturated rings. The molecule has 0 radical (unpaired) electrons. The molecule has 3 N–H and O–H groups in total. The maximum Gasteiger partial charge on any atom is 0.254 e. The van der Waals surface area contributed by atoms with Gasteiger partial charge in [0.2, 0.25) is 5.91 Å². The van der Waals surface area contributed by atoms with Gasteiger partial charge >= 0.3 is 0 Å². The van der Waals surface area contributed by atoms with Crippen molar-refractivity contribution in [1.29, 1.82) is 0 Å². The summed E-state index contributed by atoms with van der Waals surface area (Å²) in [6.45, 7) is 5.90. The zero-order valence-electron chi connectivity index (χ0n) is 14.5. The Morgan fingerprint density at radius 2 is 1.88 bits per heavy atom. The largest absolute Gasteiger partial charge is 0.378 e. The first-order chi connectivity index (χ1) is 11.9. The van der Waals surface area contributed by atoms with Gasteiger partial charge in [-0.1, -0.05) is 51.1 Å². The van der Waals surface area contributed by atoms with Crippen molar-refractivity contribution in [2.75, 3.05) is 5.32 Å². The van der Waals surface area contributed by atoms with Gasteiger partial charge in [0.25, 0.3) is 5.91 Å². The van der Waals surface area contributed by atoms with Gasteiger partial charge in [0, 0.05) is 11.1 Å². The Hall–Kier alpha value is -2.25. The van der Waals surface area contributed by atoms with Gasteiger partial charge in [0.05, 0.1) is 0 Å². The molecule has 2 amide bonds. The fourth-order valence-electron chi connectivity index (χ4n) is 2.19. The predicted octanol–water partition coefficient (Wildman–Crippen LogP) is 2.83. The highest BCUT2D eigenvalue weighted by molar-refractivity contribution is 7.15. The molecule has 0 saturated carbocycles. The second kappa shape index (κ2) is 8.73. The number of aliphatic hydroxyl groups is 1. The van der Waals surface area contributed by atoms with Crippen LogP contribution in [0.2, 0.25) is 0 Å². The Kier molecular flexibility index (Phi) is 6.66. The summed E-state index contributed by atoms with van der Waals surface area (Å²) in [7, 11) is 0. The van der Waals surface area contributed by atoms with E-state index in [1.54, 1.807) is 43.5 Å². The van der Waals surface area contributed by atoms with Gasteiger partial charge in [-0.25, -0.2) is 4.98 Å². The maximum absolute atomic E-state index is 12.4. The molecule has 0 unspecified atom stereocenters. The number of carbonyl (C=O) groups is 2. The molecule has 0 spiro atoms. The molecule has 7 heteroatoms. The van der Waals surface area contributed by atoms with Crippen molar-refractivity contribution >= 4 is 28.3 Å². The van der Waals surface area contributed by atoms with Crippen molar-refractivity contribution < 1.29 is 14.7 Å². The molecule has 25 heavy (non-hydrogen) atoms. The van der Waals surface area contributed by atoms with Gasteiger partial charge in [-0.3, -0.25) is 9.59 Å². The highest BCUT2D eigenvalue weighted by atomic mass is 32.1. The first-order valence-electron chi connectivity index (χ1n) is 8.22. The van der Waals surface area contributed by atoms with Crippen molar-refractivity contribution in [3.8, 4) is 0 Å². The van der Waals surface area contributed by atoms with E-state index in [2.05, 4.69) is 29.5 Å². The molecule has 0 bridgehead atoms. The Bertz CT molecular complexity index is 715. The molecule has 1 heterocycles. The number of aromatic nitrogens is 1. The number of carbonyl (C=O) groups excluding carboxylic acids is 2. The van der Waals surface area contributed by atoms with Crippen LogP contribution in [0.3, 0.4) is 0 Å². The summed E-state index contributed by atoms with van der Waals surface area (Å²) in [5.41, 5.74) is 0.483. The van der Waals surface area contributed by atoms with Crippen LogP contribution in [0.1, 0.15) is 49.7 Å². The van der Waals surface area contributed by atoms with Crippen LogP contribution in [-0.4, -0.2) is 27.9 Å². The molecule has 134 valence electrons. The molecule has 1 aromatic heterocycles. The van der Waals surface area contributed by atoms with Gasteiger partial charge < -0.3 is 15.7 Å². The summed E-state index contributed by atoms with van der Waals surface area (Å²) < 4.78 is 0. The molecule has 1 aromatic carbocycles. The summed E-state index contributed by atoms with van der Waals surface area (Å²) in [6, 6.07) is 7.87. The van der Waals surface area contributed by atoms with Gasteiger partial charge in [-0.2, -0.15) is 0 Å². The summed E-state index contributed by atoms with van der Waals surface area (Å²) in [6.07, 6.45) is 0.834. The molecule has 0 aliphatic carbocycles. The van der Waals surface area contributed by atoms with E-state index in [4.69, 9.17) is 0 Å². The number of hydrogen-bond acceptors (Lipinski definition) is 5. The molecule has 2 rings (SSSR count). The number of anilines is 1. The van der Waals surface area contributed by atoms with Crippen molar-refractivity contribution in [2.45, 2.75) is 45.3 Å². The van der Waals surface area contributed by atoms with Crippen molar-refractivity contribution in [3.05, 3.63) is 47.0 Å². The lowest BCUT2D eigenvalue weighted by molar-refractivity contribution is -0.133. The van der Waals surface area contributed by atoms with Crippen LogP contribution in [-0.2, 0) is 9.59 Å². The average molecular weight is 361 g/mol. The minimum Gasteiger partial charge on any atom is -0.378 e. The standard InChI is InChI=1S/C18H23N3O3S/c1-4-13(16(23)21-18-19-10-14(25-18)11(2)3)20-17(24)15(22)12-8-6-5-7-9-12/h5-11,13,15,22H,4H2,1-3H3,(H,20,24)(H,19,21,23)/t13-,15-/m0/s1. The number of thiazole rings is 1. The number of rotatable bonds is 7. The third-order valence-electron chi connectivity index (χ3n) is 3.73. The monoisotopic (exact) mass is 361 g/mol. The minimum absolute atomic E-state index is 0.339. The SMILES string of the molecule is CC[C@H](NC(=O)[C@@H](O)c1ccccc1)C(=O)Nc1ncc(C(C)C)s1. The summed E-state index contributed by atoms with van der Waals surface area (Å²) in [5.74, 6) is -0.609. The molecule has 6 nitrogen and oxygen atoms in total. The van der Waals surface area contributed by atoms with Gasteiger partial charge in [-0.05, 0) is 17.9 Å². The summed E-state index contributed by atoms with van der Waals surface area (Å²) in [5, 5.41) is 15.9. The first kappa shape index (κ1) is 19.1. The first-order valence-corrected chi connectivity index (χ1v) is 9.04. The molecular formula is C18H23N3O3S. The molecular weight excluding hydrogens is 338 g/mol. The van der Waals surface area contributed by atoms with Crippen LogP contribution in [0.4, 0.5) is 5.13 Å². The zero-order chi connectivity index (χ0) is 18.4. The van der Waals surface area contributed by atoms with E-state index in [0.717, 1.165) is 4.88 Å². The molecule has 0 aliphatic rings. The van der Waals surface area contributed by atoms with Crippen LogP contribution in [0.5, 0.6) is 0 Å². The van der Waals surface area contributed by atoms with E-state index in [1.165, 1.54) is 11.3 Å². The maximum atomic E-state index is 12.4. The van der Waals surface area contributed by atoms with E-state index < -0.39 is 18.1 Å². The highest BCUT2D eigenvalue weighted by Crippen LogP contribution is 2.25. The Balaban J connectivity index is 1.98. The normalized spacial score (nSPS) is 13.3. The predicted molar refractivity (Wildman–Crippen MR) is 98.5 cm³/mol. The Morgan fingerprint density at radius 1 is 1.20 bits per heavy atom. The molecule has 2 aromatic rings. The fraction of sp³-hybridized carbons (Fsp3) is 0.389. The van der Waals surface area contributed by atoms with Crippen molar-refractivity contribution in [2.24, 2.45) is 0 Å². The Labute approximate surface area is 151 Å². The molecule has 2 atom stereocenters. The number of nitrogens with one attached hydrogen (secondary N) is 2. The second-order valence-corrected chi connectivity index (χ2v) is 7.06. The van der Waals surface area contributed by atoms with Gasteiger partial charge in [0.15, 0.2) is 11.2 Å². The quantitative estimate of drug-likeness (QED) is 0.707. The van der Waals surface area contributed by atoms with Crippen LogP contribution < -0.4 is 10.6 Å². The molecule has 0 aliphatic heterocycles. The number of nitrogens with zero attached hydrogens (tertiary/aromatic N) is 1. The fourth-order valence-corrected chi connectivity index (χ4v) is 3.02. The van der Waals surface area contributed by atoms with E-state index in [1.807, 2.05) is 0 Å². The van der Waals surface area contributed by atoms with E-state index in [0.29, 0.717) is 23.0 Å².